The second-order valence-corrected chi connectivity index (χ2v) is 6.89. The van der Waals surface area contributed by atoms with Crippen molar-refractivity contribution in [1.29, 1.82) is 0 Å². The summed E-state index contributed by atoms with van der Waals surface area (Å²) in [6.45, 7) is 0. The second-order valence-electron chi connectivity index (χ2n) is 6.08. The van der Waals surface area contributed by atoms with Crippen LogP contribution < -0.4 is 0 Å². The fourth-order valence-electron chi connectivity index (χ4n) is 2.91. The van der Waals surface area contributed by atoms with Crippen molar-refractivity contribution in [2.24, 2.45) is 0 Å². The molecule has 0 unspecified atom stereocenters. The Labute approximate surface area is 170 Å². The van der Waals surface area contributed by atoms with Crippen molar-refractivity contribution in [2.75, 3.05) is 7.11 Å². The Morgan fingerprint density at radius 1 is 1.18 bits per heavy atom. The first-order valence-corrected chi connectivity index (χ1v) is 9.27. The van der Waals surface area contributed by atoms with Gasteiger partial charge < -0.3 is 9.15 Å². The van der Waals surface area contributed by atoms with Gasteiger partial charge in [-0.2, -0.15) is 4.98 Å². The molecule has 8 heteroatoms. The molecule has 0 atom stereocenters. The third kappa shape index (κ3) is 3.48. The van der Waals surface area contributed by atoms with Gasteiger partial charge in [0.1, 0.15) is 17.8 Å². The molecule has 0 radical (unpaired) electrons. The fourth-order valence-corrected chi connectivity index (χ4v) is 3.21. The van der Waals surface area contributed by atoms with Crippen LogP contribution in [-0.4, -0.2) is 27.6 Å². The molecule has 4 aromatic rings. The molecule has 0 spiro atoms. The third-order valence-electron chi connectivity index (χ3n) is 4.32. The number of hydrogen-bond donors (Lipinski definition) is 0. The van der Waals surface area contributed by atoms with Crippen molar-refractivity contribution in [2.45, 2.75) is 12.8 Å². The van der Waals surface area contributed by atoms with Gasteiger partial charge in [-0.1, -0.05) is 41.4 Å². The first-order valence-electron chi connectivity index (χ1n) is 8.51. The summed E-state index contributed by atoms with van der Waals surface area (Å²) in [4.78, 5) is 20.6. The number of aromatic nitrogens is 3. The van der Waals surface area contributed by atoms with Crippen LogP contribution in [0, 0.1) is 0 Å². The van der Waals surface area contributed by atoms with Crippen LogP contribution in [0.15, 0.2) is 53.2 Å². The molecule has 0 saturated carbocycles. The Morgan fingerprint density at radius 2 is 2.00 bits per heavy atom. The van der Waals surface area contributed by atoms with Gasteiger partial charge >= 0.3 is 12.0 Å². The van der Waals surface area contributed by atoms with Gasteiger partial charge in [0.25, 0.3) is 0 Å². The average Bonchev–Trinajstić information content (AvgIpc) is 3.32. The van der Waals surface area contributed by atoms with Crippen molar-refractivity contribution in [1.82, 2.24) is 14.5 Å². The predicted molar refractivity (Wildman–Crippen MR) is 107 cm³/mol. The maximum Gasteiger partial charge on any atom is 0.308 e. The molecule has 142 valence electrons. The highest BCUT2D eigenvalue weighted by Gasteiger charge is 2.19. The zero-order valence-corrected chi connectivity index (χ0v) is 16.4. The maximum absolute atomic E-state index is 11.6. The number of imidazole rings is 1. The van der Waals surface area contributed by atoms with Crippen molar-refractivity contribution in [3.05, 3.63) is 64.6 Å². The van der Waals surface area contributed by atoms with Crippen LogP contribution in [0.25, 0.3) is 28.3 Å². The number of fused-ring (bicyclic) bond motifs is 1. The fraction of sp³-hybridized carbons (Fsp3) is 0.150. The van der Waals surface area contributed by atoms with E-state index >= 15 is 0 Å². The molecular weight excluding hydrogens is 401 g/mol. The Morgan fingerprint density at radius 3 is 2.79 bits per heavy atom. The average molecular weight is 416 g/mol. The number of benzene rings is 2. The summed E-state index contributed by atoms with van der Waals surface area (Å²) in [6.07, 6.45) is 2.16. The number of methoxy groups -OCH3 is 1. The van der Waals surface area contributed by atoms with Crippen LogP contribution in [0.5, 0.6) is 0 Å². The highest BCUT2D eigenvalue weighted by molar-refractivity contribution is 6.42. The number of nitrogens with zero attached hydrogens (tertiary/aromatic N) is 3. The molecule has 2 aromatic heterocycles. The molecule has 4 rings (SSSR count). The first kappa shape index (κ1) is 18.5. The van der Waals surface area contributed by atoms with Gasteiger partial charge in [0.15, 0.2) is 0 Å². The van der Waals surface area contributed by atoms with E-state index in [1.165, 1.54) is 7.11 Å². The van der Waals surface area contributed by atoms with E-state index in [1.807, 2.05) is 30.3 Å². The number of carbonyl (C=O) groups is 1. The van der Waals surface area contributed by atoms with E-state index in [-0.39, 0.29) is 12.4 Å². The lowest BCUT2D eigenvalue weighted by Gasteiger charge is -2.02. The van der Waals surface area contributed by atoms with Crippen molar-refractivity contribution in [3.8, 4) is 17.3 Å². The lowest BCUT2D eigenvalue weighted by atomic mass is 10.1. The highest BCUT2D eigenvalue weighted by atomic mass is 35.5. The van der Waals surface area contributed by atoms with Gasteiger partial charge in [-0.05, 0) is 24.3 Å². The molecule has 0 fully saturated rings. The van der Waals surface area contributed by atoms with Crippen LogP contribution in [0.1, 0.15) is 12.2 Å². The summed E-state index contributed by atoms with van der Waals surface area (Å²) >= 11 is 12.2. The molecule has 0 saturated heterocycles. The predicted octanol–water partition coefficient (Wildman–Crippen LogP) is 5.09. The number of aryl methyl sites for hydroxylation is 1. The Bertz CT molecular complexity index is 1170. The van der Waals surface area contributed by atoms with E-state index < -0.39 is 0 Å². The zero-order valence-electron chi connectivity index (χ0n) is 14.9. The number of para-hydroxylation sites is 2. The topological polar surface area (TPSA) is 70.2 Å². The number of esters is 1. The van der Waals surface area contributed by atoms with E-state index in [0.717, 1.165) is 16.6 Å². The van der Waals surface area contributed by atoms with Gasteiger partial charge in [0, 0.05) is 12.0 Å². The van der Waals surface area contributed by atoms with Crippen LogP contribution >= 0.6 is 23.2 Å². The molecule has 2 heterocycles. The monoisotopic (exact) mass is 415 g/mol. The molecular formula is C20H15Cl2N3O3. The van der Waals surface area contributed by atoms with E-state index in [4.69, 9.17) is 32.4 Å². The first-order chi connectivity index (χ1) is 13.6. The maximum atomic E-state index is 11.6. The summed E-state index contributed by atoms with van der Waals surface area (Å²) in [5.74, 6) is 0.225. The summed E-state index contributed by atoms with van der Waals surface area (Å²) in [7, 11) is 1.35. The SMILES string of the molecule is COC(=O)CCc1oc(-n2cnc3ccccc32)nc1-c1ccc(Cl)c(Cl)c1. The Kier molecular flexibility index (Phi) is 5.07. The van der Waals surface area contributed by atoms with Crippen molar-refractivity contribution < 1.29 is 13.9 Å². The summed E-state index contributed by atoms with van der Waals surface area (Å²) in [6, 6.07) is 13.3. The lowest BCUT2D eigenvalue weighted by molar-refractivity contribution is -0.140. The molecule has 0 aliphatic carbocycles. The normalized spacial score (nSPS) is 11.1. The van der Waals surface area contributed by atoms with E-state index in [0.29, 0.717) is 33.9 Å². The number of carbonyl (C=O) groups excluding carboxylic acids is 1. The lowest BCUT2D eigenvalue weighted by Crippen LogP contribution is -2.02. The summed E-state index contributed by atoms with van der Waals surface area (Å²) in [5, 5.41) is 0.863. The molecule has 0 N–H and O–H groups in total. The van der Waals surface area contributed by atoms with Crippen molar-refractivity contribution in [3.63, 3.8) is 0 Å². The van der Waals surface area contributed by atoms with Gasteiger partial charge in [-0.3, -0.25) is 9.36 Å². The van der Waals surface area contributed by atoms with Gasteiger partial charge in [0.2, 0.25) is 0 Å². The van der Waals surface area contributed by atoms with Crippen LogP contribution in [-0.2, 0) is 16.0 Å². The van der Waals surface area contributed by atoms with E-state index in [1.54, 1.807) is 23.0 Å². The molecule has 0 aliphatic rings. The van der Waals surface area contributed by atoms with Crippen molar-refractivity contribution >= 4 is 40.2 Å². The van der Waals surface area contributed by atoms with Gasteiger partial charge in [-0.15, -0.1) is 0 Å². The molecule has 0 aliphatic heterocycles. The number of rotatable bonds is 5. The summed E-state index contributed by atoms with van der Waals surface area (Å²) in [5.41, 5.74) is 3.03. The highest BCUT2D eigenvalue weighted by Crippen LogP contribution is 2.32. The summed E-state index contributed by atoms with van der Waals surface area (Å²) < 4.78 is 12.5. The Hall–Kier alpha value is -2.83. The Balaban J connectivity index is 1.81. The van der Waals surface area contributed by atoms with Crippen LogP contribution in [0.2, 0.25) is 10.0 Å². The number of hydrogen-bond acceptors (Lipinski definition) is 5. The second kappa shape index (κ2) is 7.66. The van der Waals surface area contributed by atoms with E-state index in [2.05, 4.69) is 9.97 Å². The quantitative estimate of drug-likeness (QED) is 0.424. The number of oxazole rings is 1. The minimum atomic E-state index is -0.328. The van der Waals surface area contributed by atoms with Gasteiger partial charge in [0.05, 0.1) is 34.6 Å². The number of halogens is 2. The zero-order chi connectivity index (χ0) is 19.7. The molecule has 0 amide bonds. The minimum Gasteiger partial charge on any atom is -0.469 e. The van der Waals surface area contributed by atoms with Gasteiger partial charge in [-0.25, -0.2) is 4.98 Å². The molecule has 6 nitrogen and oxygen atoms in total. The molecule has 2 aromatic carbocycles. The minimum absolute atomic E-state index is 0.171. The standard InChI is InChI=1S/C20H15Cl2N3O3/c1-27-18(26)9-8-17-19(12-6-7-13(21)14(22)10-12)24-20(28-17)25-11-23-15-4-2-3-5-16(15)25/h2-7,10-11H,8-9H2,1H3. The smallest absolute Gasteiger partial charge is 0.308 e. The van der Waals surface area contributed by atoms with E-state index in [9.17, 15) is 4.79 Å². The largest absolute Gasteiger partial charge is 0.469 e. The number of ether oxygens (including phenoxy) is 1. The van der Waals surface area contributed by atoms with Crippen LogP contribution in [0.3, 0.4) is 0 Å². The molecule has 28 heavy (non-hydrogen) atoms. The molecule has 0 bridgehead atoms. The third-order valence-corrected chi connectivity index (χ3v) is 5.06. The van der Waals surface area contributed by atoms with Crippen LogP contribution in [0.4, 0.5) is 0 Å².